The molecule has 0 saturated carbocycles. The molecule has 0 aliphatic rings. The van der Waals surface area contributed by atoms with Crippen molar-refractivity contribution in [1.82, 2.24) is 15.2 Å². The molecule has 0 aliphatic carbocycles. The molecule has 18 heavy (non-hydrogen) atoms. The number of nitrogens with one attached hydrogen (secondary N) is 1. The third kappa shape index (κ3) is 4.68. The molecule has 0 aliphatic heterocycles. The molecule has 1 atom stereocenters. The quantitative estimate of drug-likeness (QED) is 0.636. The van der Waals surface area contributed by atoms with Crippen molar-refractivity contribution in [2.45, 2.75) is 50.9 Å². The maximum Gasteiger partial charge on any atom is 0.319 e. The zero-order valence-corrected chi connectivity index (χ0v) is 12.4. The predicted molar refractivity (Wildman–Crippen MR) is 71.6 cm³/mol. The second-order valence-electron chi connectivity index (χ2n) is 4.94. The Morgan fingerprint density at radius 2 is 2.00 bits per heavy atom. The number of nitrogens with zero attached hydrogens (tertiary/aromatic N) is 2. The van der Waals surface area contributed by atoms with E-state index in [1.807, 2.05) is 27.7 Å². The number of carbonyl (C=O) groups is 1. The molecular weight excluding hydrogens is 250 g/mol. The predicted octanol–water partition coefficient (Wildman–Crippen LogP) is 2.61. The van der Waals surface area contributed by atoms with E-state index >= 15 is 0 Å². The van der Waals surface area contributed by atoms with Gasteiger partial charge in [0.15, 0.2) is 0 Å². The number of ether oxygens (including phenoxy) is 1. The fourth-order valence-electron chi connectivity index (χ4n) is 1.14. The number of H-pyrrole nitrogens is 1. The fourth-order valence-corrected chi connectivity index (χ4v) is 1.87. The molecule has 1 unspecified atom stereocenters. The number of aromatic amines is 1. The molecule has 6 heteroatoms. The number of hydrogen-bond donors (Lipinski definition) is 1. The van der Waals surface area contributed by atoms with Crippen molar-refractivity contribution in [3.05, 3.63) is 5.82 Å². The highest BCUT2D eigenvalue weighted by atomic mass is 32.2. The second kappa shape index (κ2) is 6.78. The average molecular weight is 271 g/mol. The Morgan fingerprint density at radius 1 is 1.33 bits per heavy atom. The summed E-state index contributed by atoms with van der Waals surface area (Å²) in [6, 6.07) is 0. The van der Waals surface area contributed by atoms with E-state index in [2.05, 4.69) is 15.2 Å². The van der Waals surface area contributed by atoms with E-state index in [0.29, 0.717) is 23.6 Å². The molecule has 1 aromatic rings. The molecule has 5 nitrogen and oxygen atoms in total. The van der Waals surface area contributed by atoms with Crippen LogP contribution in [-0.2, 0) is 9.53 Å². The number of thioether (sulfide) groups is 1. The molecule has 0 bridgehead atoms. The van der Waals surface area contributed by atoms with Crippen LogP contribution in [0.4, 0.5) is 0 Å². The Kier molecular flexibility index (Phi) is 5.65. The number of hydrogen-bond acceptors (Lipinski definition) is 5. The first-order chi connectivity index (χ1) is 8.40. The molecule has 0 fully saturated rings. The molecule has 0 aromatic carbocycles. The van der Waals surface area contributed by atoms with Crippen molar-refractivity contribution in [3.63, 3.8) is 0 Å². The summed E-state index contributed by atoms with van der Waals surface area (Å²) in [6.07, 6.45) is 0. The minimum absolute atomic E-state index is 0.218. The van der Waals surface area contributed by atoms with E-state index in [0.717, 1.165) is 5.82 Å². The van der Waals surface area contributed by atoms with Gasteiger partial charge in [-0.2, -0.15) is 0 Å². The van der Waals surface area contributed by atoms with Crippen LogP contribution in [0.3, 0.4) is 0 Å². The summed E-state index contributed by atoms with van der Waals surface area (Å²) in [7, 11) is 0. The molecule has 1 heterocycles. The van der Waals surface area contributed by atoms with Gasteiger partial charge in [-0.05, 0) is 12.8 Å². The first-order valence-corrected chi connectivity index (χ1v) is 7.03. The highest BCUT2D eigenvalue weighted by molar-refractivity contribution is 8.00. The molecule has 102 valence electrons. The number of esters is 1. The lowest BCUT2D eigenvalue weighted by atomic mass is 10.2. The highest BCUT2D eigenvalue weighted by Crippen LogP contribution is 2.21. The van der Waals surface area contributed by atoms with Gasteiger partial charge in [0.25, 0.3) is 0 Å². The van der Waals surface area contributed by atoms with Crippen molar-refractivity contribution in [3.8, 4) is 0 Å². The SMILES string of the molecule is CC(C)COC(=O)C(C)Sc1n[nH]c(C(C)C)n1. The summed E-state index contributed by atoms with van der Waals surface area (Å²) in [5.74, 6) is 1.27. The summed E-state index contributed by atoms with van der Waals surface area (Å²) < 4.78 is 5.17. The molecule has 0 saturated heterocycles. The lowest BCUT2D eigenvalue weighted by molar-refractivity contribution is -0.143. The van der Waals surface area contributed by atoms with E-state index in [4.69, 9.17) is 4.74 Å². The van der Waals surface area contributed by atoms with Crippen molar-refractivity contribution in [2.75, 3.05) is 6.61 Å². The Morgan fingerprint density at radius 3 is 2.50 bits per heavy atom. The number of carbonyl (C=O) groups excluding carboxylic acids is 1. The van der Waals surface area contributed by atoms with E-state index in [9.17, 15) is 4.79 Å². The maximum atomic E-state index is 11.7. The standard InChI is InChI=1S/C12H21N3O2S/c1-7(2)6-17-11(16)9(5)18-12-13-10(8(3)4)14-15-12/h7-9H,6H2,1-5H3,(H,13,14,15). The van der Waals surface area contributed by atoms with Gasteiger partial charge in [-0.15, -0.1) is 5.10 Å². The summed E-state index contributed by atoms with van der Waals surface area (Å²) in [5, 5.41) is 7.24. The van der Waals surface area contributed by atoms with Gasteiger partial charge in [-0.25, -0.2) is 4.98 Å². The molecule has 0 spiro atoms. The van der Waals surface area contributed by atoms with Gasteiger partial charge in [0.1, 0.15) is 11.1 Å². The summed E-state index contributed by atoms with van der Waals surface area (Å²) >= 11 is 1.31. The monoisotopic (exact) mass is 271 g/mol. The van der Waals surface area contributed by atoms with Gasteiger partial charge in [0.05, 0.1) is 6.61 Å². The van der Waals surface area contributed by atoms with Crippen LogP contribution in [-0.4, -0.2) is 33.0 Å². The van der Waals surface area contributed by atoms with Gasteiger partial charge in [0, 0.05) is 5.92 Å². The van der Waals surface area contributed by atoms with E-state index < -0.39 is 0 Å². The highest BCUT2D eigenvalue weighted by Gasteiger charge is 2.19. The summed E-state index contributed by atoms with van der Waals surface area (Å²) in [4.78, 5) is 16.0. The van der Waals surface area contributed by atoms with Crippen LogP contribution in [0.5, 0.6) is 0 Å². The van der Waals surface area contributed by atoms with Crippen LogP contribution >= 0.6 is 11.8 Å². The largest absolute Gasteiger partial charge is 0.465 e. The third-order valence-corrected chi connectivity index (χ3v) is 3.14. The minimum atomic E-state index is -0.292. The Labute approximate surface area is 112 Å². The molecule has 1 rings (SSSR count). The van der Waals surface area contributed by atoms with Crippen molar-refractivity contribution in [1.29, 1.82) is 0 Å². The third-order valence-electron chi connectivity index (χ3n) is 2.20. The normalized spacial score (nSPS) is 13.1. The first kappa shape index (κ1) is 15.0. The van der Waals surface area contributed by atoms with Crippen LogP contribution < -0.4 is 0 Å². The Hall–Kier alpha value is -1.04. The Bertz CT molecular complexity index is 390. The van der Waals surface area contributed by atoms with Gasteiger partial charge in [-0.3, -0.25) is 9.89 Å². The fraction of sp³-hybridized carbons (Fsp3) is 0.750. The van der Waals surface area contributed by atoms with Crippen LogP contribution in [0.25, 0.3) is 0 Å². The molecule has 1 aromatic heterocycles. The molecule has 0 amide bonds. The van der Waals surface area contributed by atoms with Crippen LogP contribution in [0.15, 0.2) is 5.16 Å². The zero-order chi connectivity index (χ0) is 13.7. The summed E-state index contributed by atoms with van der Waals surface area (Å²) in [5.41, 5.74) is 0. The number of rotatable bonds is 6. The van der Waals surface area contributed by atoms with E-state index in [1.165, 1.54) is 11.8 Å². The maximum absolute atomic E-state index is 11.7. The van der Waals surface area contributed by atoms with Gasteiger partial charge < -0.3 is 4.74 Å². The van der Waals surface area contributed by atoms with E-state index in [-0.39, 0.29) is 11.2 Å². The summed E-state index contributed by atoms with van der Waals surface area (Å²) in [6.45, 7) is 10.4. The van der Waals surface area contributed by atoms with Crippen LogP contribution in [0, 0.1) is 5.92 Å². The first-order valence-electron chi connectivity index (χ1n) is 6.15. The van der Waals surface area contributed by atoms with Crippen molar-refractivity contribution in [2.24, 2.45) is 5.92 Å². The van der Waals surface area contributed by atoms with Gasteiger partial charge in [0.2, 0.25) is 5.16 Å². The Balaban J connectivity index is 2.47. The minimum Gasteiger partial charge on any atom is -0.465 e. The topological polar surface area (TPSA) is 67.9 Å². The smallest absolute Gasteiger partial charge is 0.319 e. The number of aromatic nitrogens is 3. The van der Waals surface area contributed by atoms with Crippen LogP contribution in [0.1, 0.15) is 46.4 Å². The lowest BCUT2D eigenvalue weighted by Gasteiger charge is -2.10. The average Bonchev–Trinajstić information content (AvgIpc) is 2.74. The van der Waals surface area contributed by atoms with Crippen molar-refractivity contribution >= 4 is 17.7 Å². The van der Waals surface area contributed by atoms with Gasteiger partial charge in [-0.1, -0.05) is 39.5 Å². The van der Waals surface area contributed by atoms with E-state index in [1.54, 1.807) is 6.92 Å². The lowest BCUT2D eigenvalue weighted by Crippen LogP contribution is -2.19. The molecular formula is C12H21N3O2S. The van der Waals surface area contributed by atoms with Gasteiger partial charge >= 0.3 is 5.97 Å². The zero-order valence-electron chi connectivity index (χ0n) is 11.6. The molecule has 1 N–H and O–H groups in total. The van der Waals surface area contributed by atoms with Crippen LogP contribution in [0.2, 0.25) is 0 Å². The second-order valence-corrected chi connectivity index (χ2v) is 6.25. The molecule has 0 radical (unpaired) electrons. The van der Waals surface area contributed by atoms with Crippen molar-refractivity contribution < 1.29 is 9.53 Å².